The molecule has 38 heavy (non-hydrogen) atoms. The number of likely N-dealkylation sites (tertiary alicyclic amines) is 1. The zero-order valence-corrected chi connectivity index (χ0v) is 22.7. The lowest BCUT2D eigenvalue weighted by atomic mass is 10.0. The Balaban J connectivity index is 1.24. The summed E-state index contributed by atoms with van der Waals surface area (Å²) in [4.78, 5) is 35.9. The van der Waals surface area contributed by atoms with Crippen LogP contribution in [0.5, 0.6) is 0 Å². The quantitative estimate of drug-likeness (QED) is 0.469. The first-order valence-corrected chi connectivity index (χ1v) is 13.5. The monoisotopic (exact) mass is 519 g/mol. The van der Waals surface area contributed by atoms with E-state index in [-0.39, 0.29) is 23.7 Å². The van der Waals surface area contributed by atoms with Gasteiger partial charge in [0, 0.05) is 42.1 Å². The van der Waals surface area contributed by atoms with Crippen molar-refractivity contribution in [3.63, 3.8) is 0 Å². The third-order valence-corrected chi connectivity index (χ3v) is 7.33. The van der Waals surface area contributed by atoms with Crippen LogP contribution in [0, 0.1) is 0 Å². The molecule has 4 heterocycles. The Bertz CT molecular complexity index is 1320. The molecule has 2 aliphatic rings. The number of rotatable bonds is 4. The van der Waals surface area contributed by atoms with Crippen LogP contribution < -0.4 is 10.6 Å². The van der Waals surface area contributed by atoms with Crippen molar-refractivity contribution in [3.05, 3.63) is 36.8 Å². The molecule has 3 aromatic heterocycles. The van der Waals surface area contributed by atoms with Crippen molar-refractivity contribution in [3.8, 4) is 11.1 Å². The van der Waals surface area contributed by atoms with Gasteiger partial charge in [-0.05, 0) is 71.6 Å². The Labute approximate surface area is 223 Å². The number of hydrogen-bond donors (Lipinski definition) is 2. The first-order chi connectivity index (χ1) is 18.1. The minimum atomic E-state index is -0.495. The number of nitrogens with one attached hydrogen (secondary N) is 2. The molecule has 10 heteroatoms. The summed E-state index contributed by atoms with van der Waals surface area (Å²) in [7, 11) is 0. The van der Waals surface area contributed by atoms with Crippen LogP contribution in [0.1, 0.15) is 72.3 Å². The number of carbonyl (C=O) groups excluding carboxylic acids is 2. The van der Waals surface area contributed by atoms with Crippen LogP contribution in [-0.4, -0.2) is 61.0 Å². The van der Waals surface area contributed by atoms with Crippen LogP contribution in [0.25, 0.3) is 22.2 Å². The number of piperidine rings is 1. The lowest BCUT2D eigenvalue weighted by Gasteiger charge is -2.33. The summed E-state index contributed by atoms with van der Waals surface area (Å²) >= 11 is 0. The van der Waals surface area contributed by atoms with E-state index in [0.29, 0.717) is 24.4 Å². The fourth-order valence-corrected chi connectivity index (χ4v) is 5.26. The van der Waals surface area contributed by atoms with Crippen molar-refractivity contribution in [1.82, 2.24) is 30.0 Å². The van der Waals surface area contributed by atoms with Crippen molar-refractivity contribution in [1.29, 1.82) is 0 Å². The molecule has 10 nitrogen and oxygen atoms in total. The molecule has 0 unspecified atom stereocenters. The highest BCUT2D eigenvalue weighted by Gasteiger charge is 2.30. The van der Waals surface area contributed by atoms with Crippen LogP contribution in [0.4, 0.5) is 15.4 Å². The third-order valence-electron chi connectivity index (χ3n) is 7.33. The lowest BCUT2D eigenvalue weighted by Crippen LogP contribution is -2.45. The Morgan fingerprint density at radius 1 is 1.05 bits per heavy atom. The molecule has 2 N–H and O–H groups in total. The number of anilines is 1. The first kappa shape index (κ1) is 25.9. The number of nitrogens with zero attached hydrogens (tertiary/aromatic N) is 5. The van der Waals surface area contributed by atoms with E-state index in [0.717, 1.165) is 55.2 Å². The number of aromatic nitrogens is 4. The summed E-state index contributed by atoms with van der Waals surface area (Å²) < 4.78 is 7.48. The largest absolute Gasteiger partial charge is 0.444 e. The van der Waals surface area contributed by atoms with Crippen LogP contribution >= 0.6 is 0 Å². The van der Waals surface area contributed by atoms with E-state index in [9.17, 15) is 9.59 Å². The van der Waals surface area contributed by atoms with Gasteiger partial charge in [-0.3, -0.25) is 15.0 Å². The molecule has 0 radical (unpaired) electrons. The molecule has 1 saturated carbocycles. The van der Waals surface area contributed by atoms with E-state index in [2.05, 4.69) is 32.6 Å². The average Bonchev–Trinajstić information content (AvgIpc) is 3.52. The summed E-state index contributed by atoms with van der Waals surface area (Å²) in [5.41, 5.74) is 2.66. The maximum atomic E-state index is 12.6. The van der Waals surface area contributed by atoms with E-state index in [1.807, 2.05) is 56.2 Å². The van der Waals surface area contributed by atoms with Gasteiger partial charge in [0.2, 0.25) is 0 Å². The van der Waals surface area contributed by atoms with Crippen molar-refractivity contribution in [2.75, 3.05) is 18.4 Å². The molecule has 3 aromatic rings. The van der Waals surface area contributed by atoms with Crippen LogP contribution in [0.2, 0.25) is 0 Å². The average molecular weight is 520 g/mol. The molecule has 1 aliphatic heterocycles. The molecule has 0 atom stereocenters. The number of fused-ring (bicyclic) bond motifs is 1. The van der Waals surface area contributed by atoms with E-state index in [1.165, 1.54) is 0 Å². The van der Waals surface area contributed by atoms with Gasteiger partial charge >= 0.3 is 12.1 Å². The first-order valence-electron chi connectivity index (χ1n) is 13.5. The molecule has 0 bridgehead atoms. The minimum Gasteiger partial charge on any atom is -0.444 e. The Kier molecular flexibility index (Phi) is 6.98. The predicted octanol–water partition coefficient (Wildman–Crippen LogP) is 5.52. The van der Waals surface area contributed by atoms with Crippen LogP contribution in [0.3, 0.4) is 0 Å². The second kappa shape index (κ2) is 10.2. The molecule has 202 valence electrons. The molecule has 5 rings (SSSR count). The van der Waals surface area contributed by atoms with E-state index >= 15 is 0 Å². The second-order valence-corrected chi connectivity index (χ2v) is 11.7. The van der Waals surface area contributed by atoms with Crippen LogP contribution in [0.15, 0.2) is 36.8 Å². The SMILES string of the molecule is CC1(NC(=O)Nc2ccc3ncc(-c4cnn(C5CCN(C(=O)OC(C)(C)C)CC5)c4)cc3n2)CCCC1. The molecular formula is C28H37N7O3. The summed E-state index contributed by atoms with van der Waals surface area (Å²) in [6.07, 6.45) is 11.3. The van der Waals surface area contributed by atoms with Crippen molar-refractivity contribution < 1.29 is 14.3 Å². The van der Waals surface area contributed by atoms with Gasteiger partial charge in [-0.2, -0.15) is 5.10 Å². The molecule has 0 spiro atoms. The van der Waals surface area contributed by atoms with Gasteiger partial charge in [0.25, 0.3) is 0 Å². The minimum absolute atomic E-state index is 0.151. The zero-order chi connectivity index (χ0) is 26.9. The van der Waals surface area contributed by atoms with Gasteiger partial charge in [-0.25, -0.2) is 14.6 Å². The summed E-state index contributed by atoms with van der Waals surface area (Å²) in [6, 6.07) is 5.58. The second-order valence-electron chi connectivity index (χ2n) is 11.7. The van der Waals surface area contributed by atoms with Crippen molar-refractivity contribution >= 4 is 29.0 Å². The maximum Gasteiger partial charge on any atom is 0.410 e. The summed E-state index contributed by atoms with van der Waals surface area (Å²) in [6.45, 7) is 9.01. The highest BCUT2D eigenvalue weighted by atomic mass is 16.6. The number of urea groups is 1. The van der Waals surface area contributed by atoms with E-state index in [1.54, 1.807) is 11.0 Å². The van der Waals surface area contributed by atoms with Crippen molar-refractivity contribution in [2.24, 2.45) is 0 Å². The van der Waals surface area contributed by atoms with Gasteiger partial charge in [-0.1, -0.05) is 12.8 Å². The molecular weight excluding hydrogens is 482 g/mol. The number of amides is 3. The molecule has 2 fully saturated rings. The fourth-order valence-electron chi connectivity index (χ4n) is 5.26. The van der Waals surface area contributed by atoms with Crippen LogP contribution in [-0.2, 0) is 4.74 Å². The van der Waals surface area contributed by atoms with E-state index in [4.69, 9.17) is 4.74 Å². The Hall–Kier alpha value is -3.69. The third kappa shape index (κ3) is 6.06. The predicted molar refractivity (Wildman–Crippen MR) is 146 cm³/mol. The van der Waals surface area contributed by atoms with Gasteiger partial charge in [0.1, 0.15) is 11.4 Å². The normalized spacial score (nSPS) is 17.9. The number of ether oxygens (including phenoxy) is 1. The molecule has 3 amide bonds. The van der Waals surface area contributed by atoms with Crippen molar-refractivity contribution in [2.45, 2.75) is 83.4 Å². The number of hydrogen-bond acceptors (Lipinski definition) is 6. The maximum absolute atomic E-state index is 12.6. The topological polar surface area (TPSA) is 114 Å². The van der Waals surface area contributed by atoms with Gasteiger partial charge < -0.3 is 15.0 Å². The zero-order valence-electron chi connectivity index (χ0n) is 22.7. The van der Waals surface area contributed by atoms with E-state index < -0.39 is 5.60 Å². The van der Waals surface area contributed by atoms with Gasteiger partial charge in [0.15, 0.2) is 0 Å². The summed E-state index contributed by atoms with van der Waals surface area (Å²) in [5.74, 6) is 0.489. The van der Waals surface area contributed by atoms with Gasteiger partial charge in [0.05, 0.1) is 23.3 Å². The fraction of sp³-hybridized carbons (Fsp3) is 0.536. The lowest BCUT2D eigenvalue weighted by molar-refractivity contribution is 0.0184. The number of carbonyl (C=O) groups is 2. The smallest absolute Gasteiger partial charge is 0.410 e. The molecule has 0 aromatic carbocycles. The highest BCUT2D eigenvalue weighted by molar-refractivity contribution is 5.90. The standard InChI is InChI=1S/C28H37N7O3/c1-27(2,3)38-26(37)34-13-9-21(10-14-34)35-18-20(17-30-35)19-15-23-22(29-16-19)7-8-24(31-23)32-25(36)33-28(4)11-5-6-12-28/h7-8,15-18,21H,5-6,9-14H2,1-4H3,(H2,31,32,33,36). The Morgan fingerprint density at radius 2 is 1.79 bits per heavy atom. The molecule has 1 aliphatic carbocycles. The summed E-state index contributed by atoms with van der Waals surface area (Å²) in [5, 5.41) is 10.6. The Morgan fingerprint density at radius 3 is 2.50 bits per heavy atom. The molecule has 1 saturated heterocycles. The van der Waals surface area contributed by atoms with Gasteiger partial charge in [-0.15, -0.1) is 0 Å². The highest BCUT2D eigenvalue weighted by Crippen LogP contribution is 2.29. The number of pyridine rings is 2.